The normalized spacial score (nSPS) is 10.4. The molecule has 0 rings (SSSR count). The van der Waals surface area contributed by atoms with Crippen molar-refractivity contribution in [3.63, 3.8) is 0 Å². The van der Waals surface area contributed by atoms with Crippen LogP contribution >= 0.6 is 0 Å². The summed E-state index contributed by atoms with van der Waals surface area (Å²) in [7, 11) is 3.63. The maximum absolute atomic E-state index is 12.7. The van der Waals surface area contributed by atoms with Crippen molar-refractivity contribution >= 4 is 47.8 Å². The van der Waals surface area contributed by atoms with Crippen molar-refractivity contribution in [3.8, 4) is 0 Å². The second-order valence-electron chi connectivity index (χ2n) is 13.4. The van der Waals surface area contributed by atoms with E-state index in [1.807, 2.05) is 23.9 Å². The molecule has 0 aliphatic rings. The number of hydrogen-bond donors (Lipinski definition) is 0. The molecule has 342 valence electrons. The highest BCUT2D eigenvalue weighted by atomic mass is 16.6. The van der Waals surface area contributed by atoms with Crippen molar-refractivity contribution in [2.24, 2.45) is 0 Å². The smallest absolute Gasteiger partial charge is 0.345 e. The van der Waals surface area contributed by atoms with E-state index in [1.165, 1.54) is 52.0 Å². The first-order valence-corrected chi connectivity index (χ1v) is 19.4. The molecular weight excluding hydrogens is 812 g/mol. The van der Waals surface area contributed by atoms with Crippen LogP contribution < -0.4 is 0 Å². The molecule has 0 heterocycles. The van der Waals surface area contributed by atoms with E-state index >= 15 is 0 Å². The Morgan fingerprint density at radius 2 is 0.581 bits per heavy atom. The van der Waals surface area contributed by atoms with E-state index in [0.717, 1.165) is 25.7 Å². The summed E-state index contributed by atoms with van der Waals surface area (Å²) in [6.45, 7) is 18.7. The summed E-state index contributed by atoms with van der Waals surface area (Å²) in [5.41, 5.74) is -0.191. The predicted octanol–water partition coefficient (Wildman–Crippen LogP) is 3.94. The lowest BCUT2D eigenvalue weighted by Gasteiger charge is -2.15. The lowest BCUT2D eigenvalue weighted by Crippen LogP contribution is -2.22. The van der Waals surface area contributed by atoms with Gasteiger partial charge in [0.05, 0.1) is 0 Å². The van der Waals surface area contributed by atoms with Gasteiger partial charge in [-0.3, -0.25) is 0 Å². The second-order valence-corrected chi connectivity index (χ2v) is 13.4. The fourth-order valence-electron chi connectivity index (χ4n) is 4.11. The van der Waals surface area contributed by atoms with Crippen LogP contribution in [0.1, 0.15) is 53.4 Å². The average Bonchev–Trinajstić information content (AvgIpc) is 3.21. The molecule has 0 aliphatic carbocycles. The number of ether oxygens (including phenoxy) is 8. The Labute approximate surface area is 363 Å². The van der Waals surface area contributed by atoms with Gasteiger partial charge in [-0.1, -0.05) is 39.2 Å². The van der Waals surface area contributed by atoms with Crippen molar-refractivity contribution in [1.82, 2.24) is 9.80 Å². The van der Waals surface area contributed by atoms with Crippen LogP contribution in [-0.2, 0) is 76.3 Å². The van der Waals surface area contributed by atoms with Crippen LogP contribution in [0.2, 0.25) is 0 Å². The number of esters is 8. The van der Waals surface area contributed by atoms with Gasteiger partial charge in [-0.25, -0.2) is 38.4 Å². The number of carbonyl (C=O) groups is 8. The third kappa shape index (κ3) is 26.4. The summed E-state index contributed by atoms with van der Waals surface area (Å²) >= 11 is 0. The molecule has 0 saturated carbocycles. The van der Waals surface area contributed by atoms with Crippen molar-refractivity contribution in [1.29, 1.82) is 0 Å². The maximum Gasteiger partial charge on any atom is 0.345 e. The Morgan fingerprint density at radius 1 is 0.371 bits per heavy atom. The first-order valence-electron chi connectivity index (χ1n) is 19.4. The molecule has 0 bridgehead atoms. The van der Waals surface area contributed by atoms with E-state index in [0.29, 0.717) is 13.1 Å². The molecule has 18 heteroatoms. The molecule has 62 heavy (non-hydrogen) atoms. The highest BCUT2D eigenvalue weighted by Crippen LogP contribution is 2.08. The monoisotopic (exact) mass is 872 g/mol. The fourth-order valence-corrected chi connectivity index (χ4v) is 4.11. The van der Waals surface area contributed by atoms with Crippen molar-refractivity contribution in [2.45, 2.75) is 53.4 Å². The lowest BCUT2D eigenvalue weighted by molar-refractivity contribution is -0.153. The Kier molecular flexibility index (Phi) is 28.6. The minimum absolute atomic E-state index is 0.170. The summed E-state index contributed by atoms with van der Waals surface area (Å²) < 4.78 is 39.9. The van der Waals surface area contributed by atoms with Gasteiger partial charge in [0.15, 0.2) is 0 Å². The van der Waals surface area contributed by atoms with Gasteiger partial charge in [-0.15, -0.1) is 0 Å². The zero-order chi connectivity index (χ0) is 47.0. The van der Waals surface area contributed by atoms with Crippen LogP contribution in [0.15, 0.2) is 96.5 Å². The van der Waals surface area contributed by atoms with Gasteiger partial charge in [0.25, 0.3) is 0 Å². The van der Waals surface area contributed by atoms with Gasteiger partial charge in [-0.05, 0) is 77.2 Å². The standard InChI is InChI=1S/C44H60N2O16/c1-31(2)37(47)55-23-27-59-41(51)35(42(52)60-28-24-56-38(48)32(3)4)17-15-21-45(9)19-13-11-12-14-20-46(10)22-16-18-36(43(53)61-29-25-57-39(49)33(5)6)44(54)62-30-26-58-40(50)34(7)8/h15-18,21-22H,1,3,5,7,11-14,19-20,23-30H2,2,4,6,8-10H3/b21-15+,22-16+. The number of hydrogen-bond acceptors (Lipinski definition) is 18. The number of unbranched alkanes of at least 4 members (excludes halogenated alkanes) is 3. The van der Waals surface area contributed by atoms with Gasteiger partial charge in [-0.2, -0.15) is 0 Å². The van der Waals surface area contributed by atoms with Crippen LogP contribution in [0.3, 0.4) is 0 Å². The summed E-state index contributed by atoms with van der Waals surface area (Å²) in [5, 5.41) is 0. The topological polar surface area (TPSA) is 217 Å². The van der Waals surface area contributed by atoms with Crippen molar-refractivity contribution < 1.29 is 76.3 Å². The van der Waals surface area contributed by atoms with E-state index in [-0.39, 0.29) is 75.1 Å². The summed E-state index contributed by atoms with van der Waals surface area (Å²) in [6.07, 6.45) is 12.1. The second kappa shape index (κ2) is 32.1. The number of allylic oxidation sites excluding steroid dienone is 4. The number of rotatable bonds is 31. The minimum Gasteiger partial charge on any atom is -0.459 e. The average molecular weight is 873 g/mol. The molecule has 0 amide bonds. The third-order valence-electron chi connectivity index (χ3n) is 7.45. The molecule has 0 aromatic heterocycles. The quantitative estimate of drug-likeness (QED) is 0.0183. The van der Waals surface area contributed by atoms with E-state index < -0.39 is 58.9 Å². The Hall–Kier alpha value is -6.72. The molecule has 0 spiro atoms. The Bertz CT molecular complexity index is 1530. The van der Waals surface area contributed by atoms with Crippen molar-refractivity contribution in [2.75, 3.05) is 80.0 Å². The lowest BCUT2D eigenvalue weighted by atomic mass is 10.2. The van der Waals surface area contributed by atoms with E-state index in [1.54, 1.807) is 12.4 Å². The molecule has 0 saturated heterocycles. The predicted molar refractivity (Wildman–Crippen MR) is 225 cm³/mol. The van der Waals surface area contributed by atoms with E-state index in [2.05, 4.69) is 26.3 Å². The molecule has 0 N–H and O–H groups in total. The summed E-state index contributed by atoms with van der Waals surface area (Å²) in [5.74, 6) is -6.69. The molecular formula is C44H60N2O16. The zero-order valence-corrected chi connectivity index (χ0v) is 36.6. The van der Waals surface area contributed by atoms with Gasteiger partial charge < -0.3 is 47.7 Å². The molecule has 0 aromatic rings. The molecule has 0 atom stereocenters. The van der Waals surface area contributed by atoms with E-state index in [9.17, 15) is 38.4 Å². The molecule has 0 fully saturated rings. The SMILES string of the molecule is C=C(C)C(=O)OCCOC(=O)C(=C/C=C/N(C)CCCCCCN(C)/C=C/C=C(C(=O)OCCOC(=O)C(=C)C)C(=O)OCCOC(=O)C(=C)C)C(=O)OCCOC(=O)C(=C)C. The summed E-state index contributed by atoms with van der Waals surface area (Å²) in [4.78, 5) is 101. The van der Waals surface area contributed by atoms with Crippen LogP contribution in [0.25, 0.3) is 0 Å². The maximum atomic E-state index is 12.7. The first-order chi connectivity index (χ1) is 29.3. The van der Waals surface area contributed by atoms with Gasteiger partial charge in [0.2, 0.25) is 0 Å². The largest absolute Gasteiger partial charge is 0.459 e. The third-order valence-corrected chi connectivity index (χ3v) is 7.45. The molecule has 0 unspecified atom stereocenters. The van der Waals surface area contributed by atoms with Gasteiger partial charge in [0, 0.05) is 49.5 Å². The number of carbonyl (C=O) groups excluding carboxylic acids is 8. The minimum atomic E-state index is -1.01. The summed E-state index contributed by atoms with van der Waals surface area (Å²) in [6, 6.07) is 0. The Morgan fingerprint density at radius 3 is 0.790 bits per heavy atom. The van der Waals surface area contributed by atoms with Crippen LogP contribution in [0.5, 0.6) is 0 Å². The molecule has 0 aromatic carbocycles. The molecule has 0 radical (unpaired) electrons. The van der Waals surface area contributed by atoms with Crippen LogP contribution in [-0.4, -0.2) is 138 Å². The molecule has 18 nitrogen and oxygen atoms in total. The zero-order valence-electron chi connectivity index (χ0n) is 36.6. The highest BCUT2D eigenvalue weighted by Gasteiger charge is 2.23. The highest BCUT2D eigenvalue weighted by molar-refractivity contribution is 6.15. The van der Waals surface area contributed by atoms with Crippen molar-refractivity contribution in [3.05, 3.63) is 96.5 Å². The fraction of sp³-hybridized carbons (Fsp3) is 0.455. The van der Waals surface area contributed by atoms with Gasteiger partial charge >= 0.3 is 47.8 Å². The molecule has 0 aliphatic heterocycles. The van der Waals surface area contributed by atoms with Crippen LogP contribution in [0.4, 0.5) is 0 Å². The number of nitrogens with zero attached hydrogens (tertiary/aromatic N) is 2. The van der Waals surface area contributed by atoms with Crippen LogP contribution in [0, 0.1) is 0 Å². The van der Waals surface area contributed by atoms with E-state index in [4.69, 9.17) is 37.9 Å². The first kappa shape index (κ1) is 55.3. The van der Waals surface area contributed by atoms with Gasteiger partial charge in [0.1, 0.15) is 64.0 Å². The Balaban J connectivity index is 5.18.